The summed E-state index contributed by atoms with van der Waals surface area (Å²) in [5, 5.41) is 9.34. The number of hydrogen-bond acceptors (Lipinski definition) is 3. The minimum Gasteiger partial charge on any atom is -0.507 e. The summed E-state index contributed by atoms with van der Waals surface area (Å²) < 4.78 is 4.96. The fourth-order valence-corrected chi connectivity index (χ4v) is 1.12. The van der Waals surface area contributed by atoms with Crippen molar-refractivity contribution in [2.24, 2.45) is 0 Å². The lowest BCUT2D eigenvalue weighted by Gasteiger charge is -2.03. The van der Waals surface area contributed by atoms with Crippen molar-refractivity contribution in [1.82, 2.24) is 0 Å². The normalized spacial score (nSPS) is 10.1. The number of Topliss-reactive ketones (excluding diaryl/α,β-unsaturated/α-hetero) is 1. The van der Waals surface area contributed by atoms with Gasteiger partial charge in [0.25, 0.3) is 0 Å². The molecule has 0 fully saturated rings. The Kier molecular flexibility index (Phi) is 4.43. The minimum absolute atomic E-state index is 0.0213. The van der Waals surface area contributed by atoms with Gasteiger partial charge in [-0.2, -0.15) is 0 Å². The van der Waals surface area contributed by atoms with E-state index in [1.54, 1.807) is 18.2 Å². The van der Waals surface area contributed by atoms with Gasteiger partial charge in [-0.15, -0.1) is 11.6 Å². The van der Waals surface area contributed by atoms with Gasteiger partial charge in [0, 0.05) is 5.88 Å². The number of rotatable bonds is 5. The summed E-state index contributed by atoms with van der Waals surface area (Å²) in [5.74, 6) is 0.0915. The molecule has 1 rings (SSSR count). The van der Waals surface area contributed by atoms with Crippen LogP contribution in [0.1, 0.15) is 10.4 Å². The molecule has 76 valence electrons. The second-order valence-corrected chi connectivity index (χ2v) is 3.06. The summed E-state index contributed by atoms with van der Waals surface area (Å²) in [6.07, 6.45) is 0. The van der Waals surface area contributed by atoms with Gasteiger partial charge in [-0.05, 0) is 12.1 Å². The minimum atomic E-state index is -0.242. The number of phenols is 1. The summed E-state index contributed by atoms with van der Waals surface area (Å²) in [4.78, 5) is 11.4. The van der Waals surface area contributed by atoms with Gasteiger partial charge in [0.15, 0.2) is 5.78 Å². The van der Waals surface area contributed by atoms with E-state index < -0.39 is 0 Å². The van der Waals surface area contributed by atoms with Crippen LogP contribution in [0.2, 0.25) is 0 Å². The average Bonchev–Trinajstić information content (AvgIpc) is 2.18. The maximum atomic E-state index is 11.4. The van der Waals surface area contributed by atoms with Crippen molar-refractivity contribution in [2.45, 2.75) is 0 Å². The molecule has 1 aromatic rings. The quantitative estimate of drug-likeness (QED) is 0.462. The van der Waals surface area contributed by atoms with E-state index in [1.165, 1.54) is 6.07 Å². The van der Waals surface area contributed by atoms with Crippen molar-refractivity contribution in [3.05, 3.63) is 29.8 Å². The Balaban J connectivity index is 2.56. The summed E-state index contributed by atoms with van der Waals surface area (Å²) in [6, 6.07) is 6.37. The molecule has 0 heterocycles. The van der Waals surface area contributed by atoms with E-state index in [2.05, 4.69) is 0 Å². The van der Waals surface area contributed by atoms with Crippen LogP contribution in [0.15, 0.2) is 24.3 Å². The van der Waals surface area contributed by atoms with Gasteiger partial charge >= 0.3 is 0 Å². The van der Waals surface area contributed by atoms with Crippen molar-refractivity contribution >= 4 is 17.4 Å². The Bertz CT molecular complexity index is 312. The summed E-state index contributed by atoms with van der Waals surface area (Å²) in [6.45, 7) is 0.283. The number of phenolic OH excluding ortho intramolecular Hbond substituents is 1. The Hall–Kier alpha value is -1.06. The maximum Gasteiger partial charge on any atom is 0.192 e. The highest BCUT2D eigenvalue weighted by atomic mass is 35.5. The number of benzene rings is 1. The van der Waals surface area contributed by atoms with E-state index in [0.29, 0.717) is 12.5 Å². The monoisotopic (exact) mass is 214 g/mol. The second-order valence-electron chi connectivity index (χ2n) is 2.68. The summed E-state index contributed by atoms with van der Waals surface area (Å²) in [7, 11) is 0. The van der Waals surface area contributed by atoms with E-state index in [4.69, 9.17) is 16.3 Å². The van der Waals surface area contributed by atoms with E-state index in [9.17, 15) is 9.90 Å². The van der Waals surface area contributed by atoms with Gasteiger partial charge in [0.2, 0.25) is 0 Å². The molecule has 0 saturated carbocycles. The average molecular weight is 215 g/mol. The summed E-state index contributed by atoms with van der Waals surface area (Å²) >= 11 is 5.38. The number of hydrogen-bond donors (Lipinski definition) is 1. The molecule has 0 unspecified atom stereocenters. The predicted octanol–water partition coefficient (Wildman–Crippen LogP) is 1.83. The molecule has 0 aliphatic heterocycles. The lowest BCUT2D eigenvalue weighted by atomic mass is 10.1. The second kappa shape index (κ2) is 5.62. The molecule has 0 radical (unpaired) electrons. The van der Waals surface area contributed by atoms with Gasteiger partial charge in [0.1, 0.15) is 12.4 Å². The molecule has 1 N–H and O–H groups in total. The van der Waals surface area contributed by atoms with E-state index in [1.807, 2.05) is 0 Å². The number of carbonyl (C=O) groups is 1. The first-order valence-corrected chi connectivity index (χ1v) is 4.74. The number of para-hydroxylation sites is 1. The molecule has 0 amide bonds. The number of halogens is 1. The van der Waals surface area contributed by atoms with Crippen LogP contribution in [-0.2, 0) is 4.74 Å². The summed E-state index contributed by atoms with van der Waals surface area (Å²) in [5.41, 5.74) is 0.280. The number of carbonyl (C=O) groups excluding carboxylic acids is 1. The van der Waals surface area contributed by atoms with Crippen LogP contribution in [0.3, 0.4) is 0 Å². The third-order valence-electron chi connectivity index (χ3n) is 1.66. The molecule has 0 aromatic heterocycles. The van der Waals surface area contributed by atoms with Gasteiger partial charge in [-0.1, -0.05) is 12.1 Å². The molecule has 3 nitrogen and oxygen atoms in total. The first-order chi connectivity index (χ1) is 6.75. The van der Waals surface area contributed by atoms with E-state index in [0.717, 1.165) is 0 Å². The molecule has 0 aliphatic rings. The Labute approximate surface area is 87.3 Å². The fourth-order valence-electron chi connectivity index (χ4n) is 1.01. The molecule has 0 atom stereocenters. The van der Waals surface area contributed by atoms with Crippen molar-refractivity contribution in [1.29, 1.82) is 0 Å². The number of ether oxygens (including phenoxy) is 1. The molecule has 1 aromatic carbocycles. The fraction of sp³-hybridized carbons (Fsp3) is 0.300. The van der Waals surface area contributed by atoms with Crippen LogP contribution in [0, 0.1) is 0 Å². The predicted molar refractivity (Wildman–Crippen MR) is 54.0 cm³/mol. The third kappa shape index (κ3) is 3.01. The topological polar surface area (TPSA) is 46.5 Å². The number of ketones is 1. The van der Waals surface area contributed by atoms with Crippen molar-refractivity contribution in [2.75, 3.05) is 19.1 Å². The van der Waals surface area contributed by atoms with Crippen LogP contribution in [0.25, 0.3) is 0 Å². The van der Waals surface area contributed by atoms with Crippen LogP contribution in [0.4, 0.5) is 0 Å². The standard InChI is InChI=1S/C10H11ClO3/c11-5-6-14-7-10(13)8-3-1-2-4-9(8)12/h1-4,12H,5-7H2. The molecule has 14 heavy (non-hydrogen) atoms. The van der Waals surface area contributed by atoms with Gasteiger partial charge < -0.3 is 9.84 Å². The van der Waals surface area contributed by atoms with Crippen LogP contribution >= 0.6 is 11.6 Å². The maximum absolute atomic E-state index is 11.4. The smallest absolute Gasteiger partial charge is 0.192 e. The van der Waals surface area contributed by atoms with Crippen molar-refractivity contribution < 1.29 is 14.6 Å². The molecule has 0 spiro atoms. The Morgan fingerprint density at radius 2 is 2.14 bits per heavy atom. The largest absolute Gasteiger partial charge is 0.507 e. The van der Waals surface area contributed by atoms with Gasteiger partial charge in [0.05, 0.1) is 12.2 Å². The lowest BCUT2D eigenvalue weighted by Crippen LogP contribution is -2.10. The molecule has 0 bridgehead atoms. The van der Waals surface area contributed by atoms with Crippen molar-refractivity contribution in [3.8, 4) is 5.75 Å². The first-order valence-electron chi connectivity index (χ1n) is 4.20. The van der Waals surface area contributed by atoms with Gasteiger partial charge in [-0.25, -0.2) is 0 Å². The molecular formula is C10H11ClO3. The third-order valence-corrected chi connectivity index (χ3v) is 1.81. The molecule has 0 saturated heterocycles. The van der Waals surface area contributed by atoms with Crippen LogP contribution in [-0.4, -0.2) is 30.0 Å². The Morgan fingerprint density at radius 1 is 1.43 bits per heavy atom. The highest BCUT2D eigenvalue weighted by molar-refractivity contribution is 6.18. The molecular weight excluding hydrogens is 204 g/mol. The zero-order valence-corrected chi connectivity index (χ0v) is 8.33. The van der Waals surface area contributed by atoms with Crippen molar-refractivity contribution in [3.63, 3.8) is 0 Å². The van der Waals surface area contributed by atoms with Gasteiger partial charge in [-0.3, -0.25) is 4.79 Å². The van der Waals surface area contributed by atoms with E-state index >= 15 is 0 Å². The highest BCUT2D eigenvalue weighted by Crippen LogP contribution is 2.15. The zero-order valence-electron chi connectivity index (χ0n) is 7.57. The lowest BCUT2D eigenvalue weighted by molar-refractivity contribution is 0.0784. The first kappa shape index (κ1) is 11.0. The zero-order chi connectivity index (χ0) is 10.4. The molecule has 0 aliphatic carbocycles. The SMILES string of the molecule is O=C(COCCCl)c1ccccc1O. The Morgan fingerprint density at radius 3 is 2.79 bits per heavy atom. The highest BCUT2D eigenvalue weighted by Gasteiger charge is 2.09. The van der Waals surface area contributed by atoms with E-state index in [-0.39, 0.29) is 23.7 Å². The van der Waals surface area contributed by atoms with Crippen LogP contribution < -0.4 is 0 Å². The number of aromatic hydroxyl groups is 1. The molecule has 4 heteroatoms. The number of alkyl halides is 1. The van der Waals surface area contributed by atoms with Crippen LogP contribution in [0.5, 0.6) is 5.75 Å².